The second-order valence-electron chi connectivity index (χ2n) is 7.80. The van der Waals surface area contributed by atoms with Crippen molar-refractivity contribution in [1.29, 1.82) is 0 Å². The summed E-state index contributed by atoms with van der Waals surface area (Å²) in [5, 5.41) is 1.96. The van der Waals surface area contributed by atoms with Gasteiger partial charge in [-0.2, -0.15) is 0 Å². The SMILES string of the molecule is Cc1nc(SCC(=O)N2CCN([C@H]3CCS(=O)(=O)C3)CC2)c2c(C)c(C)sc2n1. The fourth-order valence-corrected chi connectivity index (χ4v) is 7.97. The summed E-state index contributed by atoms with van der Waals surface area (Å²) in [6.07, 6.45) is 0.717. The fourth-order valence-electron chi connectivity index (χ4n) is 4.04. The smallest absolute Gasteiger partial charge is 0.233 e. The molecule has 0 bridgehead atoms. The fraction of sp³-hybridized carbons (Fsp3) is 0.632. The third-order valence-corrected chi connectivity index (χ3v) is 9.64. The maximum atomic E-state index is 12.8. The molecule has 0 radical (unpaired) electrons. The van der Waals surface area contributed by atoms with E-state index in [2.05, 4.69) is 28.7 Å². The van der Waals surface area contributed by atoms with Crippen LogP contribution in [0.5, 0.6) is 0 Å². The van der Waals surface area contributed by atoms with Crippen LogP contribution in [0, 0.1) is 20.8 Å². The molecule has 4 rings (SSSR count). The van der Waals surface area contributed by atoms with E-state index in [0.717, 1.165) is 34.2 Å². The van der Waals surface area contributed by atoms with Crippen molar-refractivity contribution < 1.29 is 13.2 Å². The number of nitrogens with zero attached hydrogens (tertiary/aromatic N) is 4. The minimum Gasteiger partial charge on any atom is -0.339 e. The highest BCUT2D eigenvalue weighted by Crippen LogP contribution is 2.35. The Morgan fingerprint density at radius 2 is 1.90 bits per heavy atom. The van der Waals surface area contributed by atoms with Crippen LogP contribution in [0.3, 0.4) is 0 Å². The van der Waals surface area contributed by atoms with E-state index in [-0.39, 0.29) is 17.7 Å². The van der Waals surface area contributed by atoms with Crippen molar-refractivity contribution in [3.05, 3.63) is 16.3 Å². The van der Waals surface area contributed by atoms with Gasteiger partial charge in [0.05, 0.1) is 17.3 Å². The van der Waals surface area contributed by atoms with Crippen molar-refractivity contribution in [2.45, 2.75) is 38.3 Å². The van der Waals surface area contributed by atoms with Crippen molar-refractivity contribution in [2.75, 3.05) is 43.4 Å². The zero-order valence-corrected chi connectivity index (χ0v) is 19.4. The Hall–Kier alpha value is -1.23. The van der Waals surface area contributed by atoms with Crippen LogP contribution in [0.15, 0.2) is 5.03 Å². The minimum absolute atomic E-state index is 0.114. The van der Waals surface area contributed by atoms with Crippen molar-refractivity contribution in [2.24, 2.45) is 0 Å². The van der Waals surface area contributed by atoms with Gasteiger partial charge in [0.25, 0.3) is 0 Å². The molecular formula is C19H26N4O3S3. The summed E-state index contributed by atoms with van der Waals surface area (Å²) in [6, 6.07) is 0.119. The summed E-state index contributed by atoms with van der Waals surface area (Å²) in [5.74, 6) is 1.76. The molecule has 0 saturated carbocycles. The predicted molar refractivity (Wildman–Crippen MR) is 118 cm³/mol. The third-order valence-electron chi connectivity index (χ3n) is 5.83. The number of hydrogen-bond donors (Lipinski definition) is 0. The molecule has 7 nitrogen and oxygen atoms in total. The van der Waals surface area contributed by atoms with Gasteiger partial charge in [-0.15, -0.1) is 11.3 Å². The Kier molecular flexibility index (Phi) is 5.89. The number of aryl methyl sites for hydroxylation is 3. The lowest BCUT2D eigenvalue weighted by Crippen LogP contribution is -2.52. The van der Waals surface area contributed by atoms with Gasteiger partial charge in [0.15, 0.2) is 9.84 Å². The van der Waals surface area contributed by atoms with Gasteiger partial charge in [-0.1, -0.05) is 11.8 Å². The number of thiophene rings is 1. The molecule has 4 heterocycles. The number of thioether (sulfide) groups is 1. The van der Waals surface area contributed by atoms with E-state index in [1.54, 1.807) is 11.3 Å². The highest BCUT2D eigenvalue weighted by atomic mass is 32.2. The van der Waals surface area contributed by atoms with Gasteiger partial charge in [0, 0.05) is 42.5 Å². The molecule has 1 atom stereocenters. The van der Waals surface area contributed by atoms with Gasteiger partial charge in [-0.05, 0) is 32.8 Å². The Morgan fingerprint density at radius 3 is 2.55 bits per heavy atom. The minimum atomic E-state index is -2.87. The first-order valence-corrected chi connectivity index (χ1v) is 13.5. The van der Waals surface area contributed by atoms with Crippen LogP contribution < -0.4 is 0 Å². The summed E-state index contributed by atoms with van der Waals surface area (Å²) in [7, 11) is -2.87. The lowest BCUT2D eigenvalue weighted by Gasteiger charge is -2.37. The van der Waals surface area contributed by atoms with E-state index >= 15 is 0 Å². The van der Waals surface area contributed by atoms with Crippen molar-refractivity contribution in [3.63, 3.8) is 0 Å². The number of carbonyl (C=O) groups is 1. The molecule has 2 saturated heterocycles. The molecule has 1 amide bonds. The topological polar surface area (TPSA) is 83.5 Å². The first-order chi connectivity index (χ1) is 13.7. The Morgan fingerprint density at radius 1 is 1.17 bits per heavy atom. The number of piperazine rings is 1. The number of sulfone groups is 1. The van der Waals surface area contributed by atoms with Crippen LogP contribution in [0.4, 0.5) is 0 Å². The number of aromatic nitrogens is 2. The average Bonchev–Trinajstić information content (AvgIpc) is 3.18. The summed E-state index contributed by atoms with van der Waals surface area (Å²) in [4.78, 5) is 28.2. The Balaban J connectivity index is 1.36. The lowest BCUT2D eigenvalue weighted by molar-refractivity contribution is -0.130. The van der Waals surface area contributed by atoms with Gasteiger partial charge in [0.2, 0.25) is 5.91 Å². The van der Waals surface area contributed by atoms with Crippen molar-refractivity contribution in [3.8, 4) is 0 Å². The number of carbonyl (C=O) groups excluding carboxylic acids is 1. The zero-order valence-electron chi connectivity index (χ0n) is 17.0. The predicted octanol–water partition coefficient (Wildman–Crippen LogP) is 2.04. The maximum absolute atomic E-state index is 12.8. The molecule has 0 unspecified atom stereocenters. The van der Waals surface area contributed by atoms with E-state index < -0.39 is 9.84 Å². The van der Waals surface area contributed by atoms with Gasteiger partial charge in [-0.25, -0.2) is 18.4 Å². The van der Waals surface area contributed by atoms with Crippen LogP contribution in [0.1, 0.15) is 22.7 Å². The van der Waals surface area contributed by atoms with Gasteiger partial charge < -0.3 is 4.90 Å². The van der Waals surface area contributed by atoms with E-state index in [1.165, 1.54) is 22.2 Å². The monoisotopic (exact) mass is 454 g/mol. The molecule has 0 aliphatic carbocycles. The number of hydrogen-bond acceptors (Lipinski definition) is 8. The number of fused-ring (bicyclic) bond motifs is 1. The van der Waals surface area contributed by atoms with Crippen LogP contribution in [-0.2, 0) is 14.6 Å². The molecule has 2 aliphatic rings. The van der Waals surface area contributed by atoms with Crippen LogP contribution in [-0.4, -0.2) is 83.6 Å². The van der Waals surface area contributed by atoms with Crippen LogP contribution in [0.2, 0.25) is 0 Å². The maximum Gasteiger partial charge on any atom is 0.233 e. The third kappa shape index (κ3) is 4.45. The van der Waals surface area contributed by atoms with Crippen LogP contribution >= 0.6 is 23.1 Å². The molecule has 2 aromatic rings. The van der Waals surface area contributed by atoms with E-state index in [1.807, 2.05) is 11.8 Å². The van der Waals surface area contributed by atoms with Gasteiger partial charge in [-0.3, -0.25) is 9.69 Å². The largest absolute Gasteiger partial charge is 0.339 e. The summed E-state index contributed by atoms with van der Waals surface area (Å²) < 4.78 is 23.4. The second kappa shape index (κ2) is 8.13. The molecule has 0 aromatic carbocycles. The lowest BCUT2D eigenvalue weighted by atomic mass is 10.2. The quantitative estimate of drug-likeness (QED) is 0.516. The van der Waals surface area contributed by atoms with Gasteiger partial charge in [0.1, 0.15) is 15.7 Å². The Bertz CT molecular complexity index is 1040. The molecule has 2 aromatic heterocycles. The normalized spacial score (nSPS) is 22.4. The molecule has 158 valence electrons. The van der Waals surface area contributed by atoms with Crippen molar-refractivity contribution >= 4 is 49.1 Å². The number of amides is 1. The summed E-state index contributed by atoms with van der Waals surface area (Å²) in [6.45, 7) is 8.87. The molecule has 0 N–H and O–H groups in total. The molecular weight excluding hydrogens is 428 g/mol. The molecule has 29 heavy (non-hydrogen) atoms. The van der Waals surface area contributed by atoms with Crippen LogP contribution in [0.25, 0.3) is 10.2 Å². The van der Waals surface area contributed by atoms with E-state index in [0.29, 0.717) is 31.0 Å². The van der Waals surface area contributed by atoms with E-state index in [9.17, 15) is 13.2 Å². The van der Waals surface area contributed by atoms with Gasteiger partial charge >= 0.3 is 0 Å². The van der Waals surface area contributed by atoms with E-state index in [4.69, 9.17) is 0 Å². The Labute approximate surface area is 179 Å². The molecule has 10 heteroatoms. The zero-order chi connectivity index (χ0) is 20.8. The average molecular weight is 455 g/mol. The first kappa shape index (κ1) is 21.0. The number of rotatable bonds is 4. The summed E-state index contributed by atoms with van der Waals surface area (Å²) >= 11 is 3.16. The highest BCUT2D eigenvalue weighted by Gasteiger charge is 2.34. The highest BCUT2D eigenvalue weighted by molar-refractivity contribution is 8.00. The van der Waals surface area contributed by atoms with Crippen molar-refractivity contribution in [1.82, 2.24) is 19.8 Å². The molecule has 2 aliphatic heterocycles. The standard InChI is InChI=1S/C19H26N4O3S3/c1-12-13(2)28-19-17(12)18(20-14(3)21-19)27-10-16(24)23-7-5-22(6-8-23)15-4-9-29(25,26)11-15/h15H,4-11H2,1-3H3/t15-/m0/s1. The molecule has 2 fully saturated rings. The molecule has 0 spiro atoms. The summed E-state index contributed by atoms with van der Waals surface area (Å²) in [5.41, 5.74) is 1.19. The first-order valence-electron chi connectivity index (χ1n) is 9.83. The second-order valence-corrected chi connectivity index (χ2v) is 12.2.